The van der Waals surface area contributed by atoms with Crippen molar-refractivity contribution in [1.29, 1.82) is 0 Å². The van der Waals surface area contributed by atoms with Gasteiger partial charge in [-0.2, -0.15) is 0 Å². The van der Waals surface area contributed by atoms with E-state index >= 15 is 0 Å². The number of benzene rings is 1. The van der Waals surface area contributed by atoms with Gasteiger partial charge in [-0.3, -0.25) is 4.79 Å². The van der Waals surface area contributed by atoms with Crippen LogP contribution >= 0.6 is 11.3 Å². The fourth-order valence-corrected chi connectivity index (χ4v) is 4.34. The van der Waals surface area contributed by atoms with E-state index in [2.05, 4.69) is 6.92 Å². The molecule has 1 amide bonds. The maximum atomic E-state index is 12.1. The van der Waals surface area contributed by atoms with E-state index in [-0.39, 0.29) is 11.9 Å². The number of hydrogen-bond acceptors (Lipinski definition) is 4. The number of nitrogens with zero attached hydrogens (tertiary/aromatic N) is 1. The first-order chi connectivity index (χ1) is 13.6. The van der Waals surface area contributed by atoms with Gasteiger partial charge in [-0.1, -0.05) is 19.8 Å². The Morgan fingerprint density at radius 2 is 1.96 bits per heavy atom. The lowest BCUT2D eigenvalue weighted by atomic mass is 9.95. The Morgan fingerprint density at radius 1 is 1.18 bits per heavy atom. The van der Waals surface area contributed by atoms with Crippen LogP contribution in [0.5, 0.6) is 5.75 Å². The van der Waals surface area contributed by atoms with E-state index in [1.165, 1.54) is 24.2 Å². The molecule has 5 nitrogen and oxygen atoms in total. The molecule has 1 saturated heterocycles. The summed E-state index contributed by atoms with van der Waals surface area (Å²) >= 11 is 1.33. The van der Waals surface area contributed by atoms with Gasteiger partial charge in [0.05, 0.1) is 6.61 Å². The van der Waals surface area contributed by atoms with E-state index in [4.69, 9.17) is 9.84 Å². The summed E-state index contributed by atoms with van der Waals surface area (Å²) in [5.74, 6) is 0.131. The van der Waals surface area contributed by atoms with Gasteiger partial charge in [0.15, 0.2) is 0 Å². The number of aromatic carboxylic acids is 1. The van der Waals surface area contributed by atoms with Gasteiger partial charge in [-0.05, 0) is 62.1 Å². The number of β-lactam (4-membered cyclic amide) rings is 1. The maximum Gasteiger partial charge on any atom is 0.345 e. The Balaban J connectivity index is 1.48. The molecule has 150 valence electrons. The molecule has 28 heavy (non-hydrogen) atoms. The van der Waals surface area contributed by atoms with Gasteiger partial charge in [0.1, 0.15) is 10.6 Å². The Kier molecular flexibility index (Phi) is 7.09. The number of ether oxygens (including phenoxy) is 1. The van der Waals surface area contributed by atoms with Crippen LogP contribution in [0, 0.1) is 0 Å². The van der Waals surface area contributed by atoms with E-state index in [0.717, 1.165) is 48.6 Å². The number of aryl methyl sites for hydroxylation is 1. The van der Waals surface area contributed by atoms with Crippen molar-refractivity contribution in [3.63, 3.8) is 0 Å². The van der Waals surface area contributed by atoms with Gasteiger partial charge in [0, 0.05) is 23.0 Å². The van der Waals surface area contributed by atoms with Crippen LogP contribution in [0.25, 0.3) is 0 Å². The quantitative estimate of drug-likeness (QED) is 0.418. The molecule has 0 aliphatic carbocycles. The predicted octanol–water partition coefficient (Wildman–Crippen LogP) is 5.14. The third kappa shape index (κ3) is 5.13. The molecule has 1 atom stereocenters. The van der Waals surface area contributed by atoms with E-state index < -0.39 is 5.97 Å². The van der Waals surface area contributed by atoms with Crippen molar-refractivity contribution in [3.05, 3.63) is 46.2 Å². The molecule has 0 unspecified atom stereocenters. The van der Waals surface area contributed by atoms with E-state index in [1.54, 1.807) is 6.07 Å². The first-order valence-electron chi connectivity index (χ1n) is 9.95. The van der Waals surface area contributed by atoms with Crippen LogP contribution in [0.2, 0.25) is 0 Å². The molecular formula is C22H27NO4S. The van der Waals surface area contributed by atoms with Crippen LogP contribution in [0.1, 0.15) is 60.0 Å². The number of carbonyl (C=O) groups is 2. The molecule has 0 radical (unpaired) electrons. The van der Waals surface area contributed by atoms with Crippen LogP contribution in [-0.2, 0) is 11.2 Å². The number of carboxylic acid groups (broad SMARTS) is 1. The molecule has 0 saturated carbocycles. The van der Waals surface area contributed by atoms with Crippen LogP contribution in [0.15, 0.2) is 36.4 Å². The molecule has 3 rings (SSSR count). The van der Waals surface area contributed by atoms with Crippen molar-refractivity contribution >= 4 is 28.9 Å². The lowest BCUT2D eigenvalue weighted by Crippen LogP contribution is -2.52. The van der Waals surface area contributed by atoms with Crippen LogP contribution < -0.4 is 9.64 Å². The fourth-order valence-electron chi connectivity index (χ4n) is 3.45. The minimum atomic E-state index is -0.871. The maximum absolute atomic E-state index is 12.1. The Hall–Kier alpha value is -2.34. The predicted molar refractivity (Wildman–Crippen MR) is 112 cm³/mol. The normalized spacial score (nSPS) is 16.1. The second-order valence-electron chi connectivity index (χ2n) is 7.13. The Labute approximate surface area is 169 Å². The molecule has 1 N–H and O–H groups in total. The zero-order valence-electron chi connectivity index (χ0n) is 16.2. The number of carbonyl (C=O) groups excluding carboxylic acids is 1. The first kappa shape index (κ1) is 20.4. The molecule has 2 aromatic rings. The molecule has 1 aliphatic rings. The van der Waals surface area contributed by atoms with E-state index in [0.29, 0.717) is 11.3 Å². The highest BCUT2D eigenvalue weighted by Crippen LogP contribution is 2.32. The van der Waals surface area contributed by atoms with Crippen molar-refractivity contribution in [2.75, 3.05) is 11.5 Å². The topological polar surface area (TPSA) is 66.8 Å². The summed E-state index contributed by atoms with van der Waals surface area (Å²) in [6, 6.07) is 11.5. The fraction of sp³-hybridized carbons (Fsp3) is 0.455. The lowest BCUT2D eigenvalue weighted by Gasteiger charge is -2.40. The van der Waals surface area contributed by atoms with Gasteiger partial charge in [-0.15, -0.1) is 11.3 Å². The highest BCUT2D eigenvalue weighted by Gasteiger charge is 2.36. The number of anilines is 1. The average molecular weight is 402 g/mol. The third-order valence-corrected chi connectivity index (χ3v) is 6.14. The number of carboxylic acids is 1. The highest BCUT2D eigenvalue weighted by molar-refractivity contribution is 7.13. The molecule has 0 spiro atoms. The zero-order valence-corrected chi connectivity index (χ0v) is 17.0. The van der Waals surface area contributed by atoms with Crippen LogP contribution in [0.4, 0.5) is 5.69 Å². The number of unbranched alkanes of at least 4 members (excludes halogenated alkanes) is 2. The van der Waals surface area contributed by atoms with Gasteiger partial charge >= 0.3 is 5.97 Å². The summed E-state index contributed by atoms with van der Waals surface area (Å²) in [5.41, 5.74) is 0.923. The number of thiophene rings is 1. The van der Waals surface area contributed by atoms with E-state index in [9.17, 15) is 9.59 Å². The molecule has 6 heteroatoms. The molecule has 2 heterocycles. The van der Waals surface area contributed by atoms with Crippen molar-refractivity contribution in [2.45, 2.75) is 57.9 Å². The molecule has 0 bridgehead atoms. The number of hydrogen-bond donors (Lipinski definition) is 1. The summed E-state index contributed by atoms with van der Waals surface area (Å²) < 4.78 is 5.74. The second-order valence-corrected chi connectivity index (χ2v) is 8.30. The van der Waals surface area contributed by atoms with Crippen molar-refractivity contribution in [2.24, 2.45) is 0 Å². The SMILES string of the molecule is CCCCCOc1ccc(N2C(=O)C[C@@H]2CCCc2ccc(C(=O)O)s2)cc1. The second kappa shape index (κ2) is 9.73. The average Bonchev–Trinajstić information content (AvgIpc) is 3.15. The monoisotopic (exact) mass is 401 g/mol. The summed E-state index contributed by atoms with van der Waals surface area (Å²) in [5, 5.41) is 9.00. The number of rotatable bonds is 11. The standard InChI is InChI=1S/C22H27NO4S/c1-2-3-4-14-27-18-10-8-16(9-11-18)23-17(15-21(23)24)6-5-7-19-12-13-20(28-19)22(25)26/h8-13,17H,2-7,14-15H2,1H3,(H,25,26)/t17-/m0/s1. The van der Waals surface area contributed by atoms with Crippen LogP contribution in [0.3, 0.4) is 0 Å². The zero-order chi connectivity index (χ0) is 19.9. The van der Waals surface area contributed by atoms with Crippen molar-refractivity contribution in [3.8, 4) is 5.75 Å². The molecule has 1 aliphatic heterocycles. The number of amides is 1. The molecule has 1 aromatic carbocycles. The van der Waals surface area contributed by atoms with Crippen molar-refractivity contribution in [1.82, 2.24) is 0 Å². The summed E-state index contributed by atoms with van der Waals surface area (Å²) in [6.45, 7) is 2.90. The summed E-state index contributed by atoms with van der Waals surface area (Å²) in [7, 11) is 0. The minimum Gasteiger partial charge on any atom is -0.494 e. The molecule has 1 aromatic heterocycles. The molecular weight excluding hydrogens is 374 g/mol. The van der Waals surface area contributed by atoms with Gasteiger partial charge in [0.2, 0.25) is 5.91 Å². The lowest BCUT2D eigenvalue weighted by molar-refractivity contribution is -0.124. The smallest absolute Gasteiger partial charge is 0.345 e. The van der Waals surface area contributed by atoms with E-state index in [1.807, 2.05) is 35.2 Å². The summed E-state index contributed by atoms with van der Waals surface area (Å²) in [6.07, 6.45) is 6.69. The Morgan fingerprint density at radius 3 is 2.61 bits per heavy atom. The summed E-state index contributed by atoms with van der Waals surface area (Å²) in [4.78, 5) is 26.4. The van der Waals surface area contributed by atoms with Gasteiger partial charge in [-0.25, -0.2) is 4.79 Å². The van der Waals surface area contributed by atoms with Gasteiger partial charge < -0.3 is 14.7 Å². The van der Waals surface area contributed by atoms with Crippen molar-refractivity contribution < 1.29 is 19.4 Å². The van der Waals surface area contributed by atoms with Crippen LogP contribution in [-0.4, -0.2) is 29.6 Å². The largest absolute Gasteiger partial charge is 0.494 e. The highest BCUT2D eigenvalue weighted by atomic mass is 32.1. The Bertz CT molecular complexity index is 799. The van der Waals surface area contributed by atoms with Gasteiger partial charge in [0.25, 0.3) is 0 Å². The molecule has 1 fully saturated rings. The first-order valence-corrected chi connectivity index (χ1v) is 10.8. The third-order valence-electron chi connectivity index (χ3n) is 5.01. The minimum absolute atomic E-state index is 0.158.